The summed E-state index contributed by atoms with van der Waals surface area (Å²) in [5, 5.41) is 16.9. The van der Waals surface area contributed by atoms with Gasteiger partial charge >= 0.3 is 0 Å². The van der Waals surface area contributed by atoms with E-state index in [4.69, 9.17) is 4.74 Å². The normalized spacial score (nSPS) is 15.7. The van der Waals surface area contributed by atoms with Crippen LogP contribution >= 0.6 is 0 Å². The van der Waals surface area contributed by atoms with Gasteiger partial charge in [0, 0.05) is 11.8 Å². The number of Topliss-reactive ketones (excluding diaryl/α,β-unsaturated/α-hetero) is 1. The van der Waals surface area contributed by atoms with Gasteiger partial charge in [0.1, 0.15) is 17.9 Å². The van der Waals surface area contributed by atoms with Crippen molar-refractivity contribution in [1.82, 2.24) is 30.6 Å². The highest BCUT2D eigenvalue weighted by atomic mass is 16.5. The predicted molar refractivity (Wildman–Crippen MR) is 122 cm³/mol. The predicted octanol–water partition coefficient (Wildman–Crippen LogP) is 4.42. The first kappa shape index (κ1) is 26.9. The number of hydrogen-bond acceptors (Lipinski definition) is 6. The number of nitrogens with one attached hydrogen (secondary N) is 2. The Kier molecular flexibility index (Phi) is 9.11. The first-order valence-electron chi connectivity index (χ1n) is 10.8. The molecule has 2 N–H and O–H groups in total. The average Bonchev–Trinajstić information content (AvgIpc) is 3.23. The van der Waals surface area contributed by atoms with E-state index in [1.54, 1.807) is 12.5 Å². The van der Waals surface area contributed by atoms with Gasteiger partial charge in [0.05, 0.1) is 30.5 Å². The fraction of sp³-hybridized carbons (Fsp3) is 0.783. The maximum atomic E-state index is 11.7. The molecule has 0 amide bonds. The Hall–Kier alpha value is -2.09. The van der Waals surface area contributed by atoms with Crippen LogP contribution in [-0.2, 0) is 22.4 Å². The van der Waals surface area contributed by atoms with Gasteiger partial charge in [-0.15, -0.1) is 0 Å². The number of ketones is 1. The zero-order valence-corrected chi connectivity index (χ0v) is 21.1. The van der Waals surface area contributed by atoms with Gasteiger partial charge in [-0.3, -0.25) is 9.89 Å². The van der Waals surface area contributed by atoms with Crippen LogP contribution in [0.1, 0.15) is 80.8 Å². The van der Waals surface area contributed by atoms with Crippen LogP contribution in [-0.4, -0.2) is 49.6 Å². The molecule has 0 bridgehead atoms. The molecule has 0 unspecified atom stereocenters. The zero-order chi connectivity index (χ0) is 23.9. The van der Waals surface area contributed by atoms with Gasteiger partial charge in [-0.1, -0.05) is 62.3 Å². The van der Waals surface area contributed by atoms with Crippen LogP contribution in [0.15, 0.2) is 12.5 Å². The summed E-state index contributed by atoms with van der Waals surface area (Å²) in [5.41, 5.74) is 1.21. The van der Waals surface area contributed by atoms with Gasteiger partial charge in [-0.2, -0.15) is 20.5 Å². The van der Waals surface area contributed by atoms with Gasteiger partial charge in [0.2, 0.25) is 0 Å². The molecule has 8 heteroatoms. The van der Waals surface area contributed by atoms with Gasteiger partial charge in [0.25, 0.3) is 0 Å². The maximum absolute atomic E-state index is 11.7. The van der Waals surface area contributed by atoms with Gasteiger partial charge in [0.15, 0.2) is 0 Å². The minimum Gasteiger partial charge on any atom is -0.379 e. The van der Waals surface area contributed by atoms with E-state index in [0.29, 0.717) is 29.8 Å². The molecule has 0 aliphatic carbocycles. The third-order valence-electron chi connectivity index (χ3n) is 4.41. The number of carbonyl (C=O) groups excluding carboxylic acids is 1. The Morgan fingerprint density at radius 2 is 1.58 bits per heavy atom. The summed E-state index contributed by atoms with van der Waals surface area (Å²) in [5.74, 6) is 1.28. The van der Waals surface area contributed by atoms with Crippen LogP contribution in [0, 0.1) is 21.7 Å². The molecule has 1 aliphatic rings. The van der Waals surface area contributed by atoms with E-state index in [2.05, 4.69) is 72.1 Å². The maximum Gasteiger partial charge on any atom is 0.148 e. The molecule has 3 rings (SSSR count). The molecule has 3 heterocycles. The summed E-state index contributed by atoms with van der Waals surface area (Å²) < 4.78 is 5.03. The second kappa shape index (κ2) is 10.5. The first-order valence-corrected chi connectivity index (χ1v) is 10.8. The molecule has 0 spiro atoms. The standard InChI is InChI=1S/C9H16O2.2C7H13N3/c1-8(2,3)7(10)9(4)5-11-6-9;1-7(2,3)4-6-8-5-9-10-6;1-7(2,3)4-6-5-8-10-9-6/h5-6H2,1-4H3;2*5H,4H2,1-3H3,(H,8,9,10). The Bertz CT molecular complexity index is 712. The molecular weight excluding hydrogens is 392 g/mol. The summed E-state index contributed by atoms with van der Waals surface area (Å²) in [6.07, 6.45) is 5.24. The third kappa shape index (κ3) is 10.7. The van der Waals surface area contributed by atoms with Crippen molar-refractivity contribution >= 4 is 5.78 Å². The van der Waals surface area contributed by atoms with Crippen molar-refractivity contribution in [2.75, 3.05) is 13.2 Å². The lowest BCUT2D eigenvalue weighted by Gasteiger charge is -2.40. The molecule has 0 atom stereocenters. The van der Waals surface area contributed by atoms with E-state index >= 15 is 0 Å². The van der Waals surface area contributed by atoms with E-state index in [0.717, 1.165) is 24.4 Å². The van der Waals surface area contributed by atoms with Crippen LogP contribution < -0.4 is 0 Å². The van der Waals surface area contributed by atoms with E-state index < -0.39 is 0 Å². The van der Waals surface area contributed by atoms with E-state index in [1.807, 2.05) is 27.7 Å². The Morgan fingerprint density at radius 3 is 1.87 bits per heavy atom. The third-order valence-corrected chi connectivity index (χ3v) is 4.41. The molecule has 0 radical (unpaired) electrons. The number of ether oxygens (including phenoxy) is 1. The van der Waals surface area contributed by atoms with E-state index in [-0.39, 0.29) is 10.8 Å². The highest BCUT2D eigenvalue weighted by Gasteiger charge is 2.45. The minimum atomic E-state index is -0.224. The number of rotatable bonds is 3. The minimum absolute atomic E-state index is 0.196. The molecule has 0 aromatic carbocycles. The van der Waals surface area contributed by atoms with Crippen LogP contribution in [0.5, 0.6) is 0 Å². The highest BCUT2D eigenvalue weighted by molar-refractivity contribution is 5.89. The number of nitrogens with zero attached hydrogens (tertiary/aromatic N) is 4. The number of H-pyrrole nitrogens is 2. The Labute approximate surface area is 187 Å². The molecule has 2 aromatic heterocycles. The quantitative estimate of drug-likeness (QED) is 0.740. The largest absolute Gasteiger partial charge is 0.379 e. The topological polar surface area (TPSA) is 109 Å². The summed E-state index contributed by atoms with van der Waals surface area (Å²) in [6.45, 7) is 22.1. The fourth-order valence-electron chi connectivity index (χ4n) is 3.12. The molecular formula is C23H42N6O2. The van der Waals surface area contributed by atoms with Crippen molar-refractivity contribution in [2.45, 2.75) is 82.1 Å². The molecule has 31 heavy (non-hydrogen) atoms. The number of aromatic amines is 2. The Morgan fingerprint density at radius 1 is 1.00 bits per heavy atom. The van der Waals surface area contributed by atoms with Crippen molar-refractivity contribution < 1.29 is 9.53 Å². The molecule has 8 nitrogen and oxygen atoms in total. The molecule has 1 fully saturated rings. The van der Waals surface area contributed by atoms with Crippen molar-refractivity contribution in [2.24, 2.45) is 21.7 Å². The van der Waals surface area contributed by atoms with Crippen molar-refractivity contribution in [3.05, 3.63) is 24.0 Å². The van der Waals surface area contributed by atoms with Gasteiger partial charge in [-0.25, -0.2) is 4.98 Å². The van der Waals surface area contributed by atoms with E-state index in [1.165, 1.54) is 0 Å². The molecule has 1 aliphatic heterocycles. The molecule has 1 saturated heterocycles. The van der Waals surface area contributed by atoms with Gasteiger partial charge in [-0.05, 0) is 24.2 Å². The van der Waals surface area contributed by atoms with Crippen molar-refractivity contribution in [3.8, 4) is 0 Å². The van der Waals surface area contributed by atoms with Crippen LogP contribution in [0.25, 0.3) is 0 Å². The monoisotopic (exact) mass is 434 g/mol. The number of hydrogen-bond donors (Lipinski definition) is 2. The van der Waals surface area contributed by atoms with Crippen LogP contribution in [0.4, 0.5) is 0 Å². The van der Waals surface area contributed by atoms with E-state index in [9.17, 15) is 4.79 Å². The second-order valence-electron chi connectivity index (χ2n) is 12.0. The van der Waals surface area contributed by atoms with Crippen molar-refractivity contribution in [3.63, 3.8) is 0 Å². The lowest BCUT2D eigenvalue weighted by molar-refractivity contribution is -0.163. The molecule has 176 valence electrons. The van der Waals surface area contributed by atoms with Gasteiger partial charge < -0.3 is 4.74 Å². The lowest BCUT2D eigenvalue weighted by Crippen LogP contribution is -2.50. The summed E-state index contributed by atoms with van der Waals surface area (Å²) in [4.78, 5) is 15.7. The fourth-order valence-corrected chi connectivity index (χ4v) is 3.12. The lowest BCUT2D eigenvalue weighted by atomic mass is 9.72. The molecule has 0 saturated carbocycles. The highest BCUT2D eigenvalue weighted by Crippen LogP contribution is 2.35. The van der Waals surface area contributed by atoms with Crippen LogP contribution in [0.2, 0.25) is 0 Å². The smallest absolute Gasteiger partial charge is 0.148 e. The zero-order valence-electron chi connectivity index (χ0n) is 21.1. The summed E-state index contributed by atoms with van der Waals surface area (Å²) >= 11 is 0. The average molecular weight is 435 g/mol. The Balaban J connectivity index is 0.000000233. The molecule has 2 aromatic rings. The van der Waals surface area contributed by atoms with Crippen molar-refractivity contribution in [1.29, 1.82) is 0 Å². The second-order valence-corrected chi connectivity index (χ2v) is 12.0. The summed E-state index contributed by atoms with van der Waals surface area (Å²) in [6, 6.07) is 0. The SMILES string of the molecule is CC(C)(C)C(=O)C1(C)COC1.CC(C)(C)Cc1cn[nH]n1.CC(C)(C)Cc1ncn[nH]1. The summed E-state index contributed by atoms with van der Waals surface area (Å²) in [7, 11) is 0. The number of aromatic nitrogens is 6. The van der Waals surface area contributed by atoms with Crippen LogP contribution in [0.3, 0.4) is 0 Å². The first-order chi connectivity index (χ1) is 14.0. The number of carbonyl (C=O) groups is 1.